The molecule has 0 spiro atoms. The first-order chi connectivity index (χ1) is 9.92. The van der Waals surface area contributed by atoms with Crippen LogP contribution in [0.3, 0.4) is 0 Å². The maximum absolute atomic E-state index is 11.7. The van der Waals surface area contributed by atoms with Crippen molar-refractivity contribution in [3.05, 3.63) is 30.6 Å². The van der Waals surface area contributed by atoms with Gasteiger partial charge in [0.05, 0.1) is 22.9 Å². The molecule has 5 nitrogen and oxygen atoms in total. The first-order valence-electron chi connectivity index (χ1n) is 7.40. The summed E-state index contributed by atoms with van der Waals surface area (Å²) in [6.07, 6.45) is 3.41. The molecule has 0 aliphatic heterocycles. The van der Waals surface area contributed by atoms with Gasteiger partial charge >= 0.3 is 0 Å². The zero-order valence-electron chi connectivity index (χ0n) is 13.0. The van der Waals surface area contributed by atoms with Crippen LogP contribution >= 0.6 is 0 Å². The highest BCUT2D eigenvalue weighted by atomic mass is 16.1. The van der Waals surface area contributed by atoms with Gasteiger partial charge in [0.1, 0.15) is 0 Å². The van der Waals surface area contributed by atoms with Crippen LogP contribution in [-0.2, 0) is 11.3 Å². The van der Waals surface area contributed by atoms with Gasteiger partial charge in [-0.25, -0.2) is 4.98 Å². The second kappa shape index (κ2) is 6.26. The quantitative estimate of drug-likeness (QED) is 0.819. The minimum absolute atomic E-state index is 0.219. The molecule has 5 heteroatoms. The van der Waals surface area contributed by atoms with E-state index in [-0.39, 0.29) is 11.9 Å². The first kappa shape index (κ1) is 15.5. The standard InChI is InChI=1S/C16H24N4O/c1-12(2)19-16(3,15(17)21)9-6-10-20-11-18-13-7-4-5-8-14(13)20/h4-5,7-8,11-12,19H,6,9-10H2,1-3H3,(H2,17,21). The Morgan fingerprint density at radius 2 is 2.14 bits per heavy atom. The fraction of sp³-hybridized carbons (Fsp3) is 0.500. The summed E-state index contributed by atoms with van der Waals surface area (Å²) in [5, 5.41) is 3.27. The number of rotatable bonds is 7. The number of aryl methyl sites for hydroxylation is 1. The molecule has 0 bridgehead atoms. The van der Waals surface area contributed by atoms with Crippen molar-refractivity contribution in [3.8, 4) is 0 Å². The molecule has 0 saturated carbocycles. The van der Waals surface area contributed by atoms with Crippen LogP contribution in [0.4, 0.5) is 0 Å². The van der Waals surface area contributed by atoms with Crippen LogP contribution in [0, 0.1) is 0 Å². The van der Waals surface area contributed by atoms with Crippen molar-refractivity contribution in [2.75, 3.05) is 0 Å². The van der Waals surface area contributed by atoms with Crippen molar-refractivity contribution in [1.82, 2.24) is 14.9 Å². The molecule has 1 aromatic carbocycles. The highest BCUT2D eigenvalue weighted by Gasteiger charge is 2.30. The molecular formula is C16H24N4O. The van der Waals surface area contributed by atoms with E-state index in [2.05, 4.69) is 20.9 Å². The summed E-state index contributed by atoms with van der Waals surface area (Å²) in [6.45, 7) is 6.74. The predicted molar refractivity (Wildman–Crippen MR) is 84.8 cm³/mol. The topological polar surface area (TPSA) is 72.9 Å². The molecule has 0 saturated heterocycles. The normalized spacial score (nSPS) is 14.5. The molecule has 21 heavy (non-hydrogen) atoms. The van der Waals surface area contributed by atoms with Crippen LogP contribution < -0.4 is 11.1 Å². The van der Waals surface area contributed by atoms with E-state index in [0.717, 1.165) is 24.0 Å². The Morgan fingerprint density at radius 1 is 1.43 bits per heavy atom. The fourth-order valence-corrected chi connectivity index (χ4v) is 2.70. The van der Waals surface area contributed by atoms with Crippen LogP contribution in [0.5, 0.6) is 0 Å². The summed E-state index contributed by atoms with van der Waals surface area (Å²) in [7, 11) is 0. The number of primary amides is 1. The zero-order chi connectivity index (χ0) is 15.5. The molecule has 1 aromatic heterocycles. The largest absolute Gasteiger partial charge is 0.368 e. The number of imidazole rings is 1. The second-order valence-corrected chi connectivity index (χ2v) is 6.03. The molecule has 1 unspecified atom stereocenters. The Morgan fingerprint density at radius 3 is 2.81 bits per heavy atom. The van der Waals surface area contributed by atoms with E-state index in [4.69, 9.17) is 5.73 Å². The van der Waals surface area contributed by atoms with Crippen LogP contribution in [0.2, 0.25) is 0 Å². The number of benzene rings is 1. The maximum atomic E-state index is 11.7. The number of carbonyl (C=O) groups is 1. The van der Waals surface area contributed by atoms with Crippen LogP contribution in [0.25, 0.3) is 11.0 Å². The zero-order valence-corrected chi connectivity index (χ0v) is 13.0. The molecule has 0 aliphatic rings. The number of amides is 1. The van der Waals surface area contributed by atoms with Crippen molar-refractivity contribution >= 4 is 16.9 Å². The van der Waals surface area contributed by atoms with E-state index in [0.29, 0.717) is 6.42 Å². The van der Waals surface area contributed by atoms with Gasteiger partial charge in [-0.3, -0.25) is 4.79 Å². The number of nitrogens with one attached hydrogen (secondary N) is 1. The van der Waals surface area contributed by atoms with E-state index in [1.807, 2.05) is 45.3 Å². The summed E-state index contributed by atoms with van der Waals surface area (Å²) >= 11 is 0. The van der Waals surface area contributed by atoms with Gasteiger partial charge in [0.2, 0.25) is 5.91 Å². The molecule has 2 rings (SSSR count). The van der Waals surface area contributed by atoms with Crippen molar-refractivity contribution in [2.24, 2.45) is 5.73 Å². The number of para-hydroxylation sites is 2. The highest BCUT2D eigenvalue weighted by Crippen LogP contribution is 2.17. The minimum atomic E-state index is -0.662. The van der Waals surface area contributed by atoms with Crippen LogP contribution in [0.15, 0.2) is 30.6 Å². The fourth-order valence-electron chi connectivity index (χ4n) is 2.70. The smallest absolute Gasteiger partial charge is 0.237 e. The molecule has 2 aromatic rings. The van der Waals surface area contributed by atoms with Gasteiger partial charge < -0.3 is 15.6 Å². The molecule has 114 valence electrons. The average molecular weight is 288 g/mol. The third-order valence-electron chi connectivity index (χ3n) is 3.75. The number of fused-ring (bicyclic) bond motifs is 1. The van der Waals surface area contributed by atoms with E-state index < -0.39 is 5.54 Å². The highest BCUT2D eigenvalue weighted by molar-refractivity contribution is 5.84. The Kier molecular flexibility index (Phi) is 4.63. The summed E-state index contributed by atoms with van der Waals surface area (Å²) in [4.78, 5) is 16.1. The van der Waals surface area contributed by atoms with Gasteiger partial charge in [0.15, 0.2) is 0 Å². The summed E-state index contributed by atoms with van der Waals surface area (Å²) < 4.78 is 2.12. The third-order valence-corrected chi connectivity index (χ3v) is 3.75. The molecule has 0 fully saturated rings. The molecule has 1 atom stereocenters. The average Bonchev–Trinajstić information content (AvgIpc) is 2.81. The lowest BCUT2D eigenvalue weighted by Crippen LogP contribution is -2.55. The van der Waals surface area contributed by atoms with Gasteiger partial charge in [-0.15, -0.1) is 0 Å². The third kappa shape index (κ3) is 3.61. The van der Waals surface area contributed by atoms with Crippen molar-refractivity contribution in [3.63, 3.8) is 0 Å². The van der Waals surface area contributed by atoms with Gasteiger partial charge in [-0.1, -0.05) is 12.1 Å². The SMILES string of the molecule is CC(C)NC(C)(CCCn1cnc2ccccc21)C(N)=O. The van der Waals surface area contributed by atoms with Gasteiger partial charge in [0.25, 0.3) is 0 Å². The summed E-state index contributed by atoms with van der Waals surface area (Å²) in [5.41, 5.74) is 7.00. The molecule has 1 amide bonds. The first-order valence-corrected chi connectivity index (χ1v) is 7.40. The summed E-state index contributed by atoms with van der Waals surface area (Å²) in [6, 6.07) is 8.27. The molecular weight excluding hydrogens is 264 g/mol. The van der Waals surface area contributed by atoms with E-state index in [1.165, 1.54) is 0 Å². The van der Waals surface area contributed by atoms with E-state index in [1.54, 1.807) is 0 Å². The number of nitrogens with zero attached hydrogens (tertiary/aromatic N) is 2. The second-order valence-electron chi connectivity index (χ2n) is 6.03. The lowest BCUT2D eigenvalue weighted by Gasteiger charge is -2.30. The predicted octanol–water partition coefficient (Wildman–Crippen LogP) is 2.06. The Balaban J connectivity index is 2.01. The molecule has 3 N–H and O–H groups in total. The van der Waals surface area contributed by atoms with Gasteiger partial charge in [-0.05, 0) is 45.7 Å². The van der Waals surface area contributed by atoms with E-state index in [9.17, 15) is 4.79 Å². The van der Waals surface area contributed by atoms with Crippen molar-refractivity contribution in [2.45, 2.75) is 51.7 Å². The summed E-state index contributed by atoms with van der Waals surface area (Å²) in [5.74, 6) is -0.299. The Bertz CT molecular complexity index is 620. The number of hydrogen-bond donors (Lipinski definition) is 2. The van der Waals surface area contributed by atoms with Gasteiger partial charge in [-0.2, -0.15) is 0 Å². The number of carbonyl (C=O) groups excluding carboxylic acids is 1. The Labute approximate surface area is 125 Å². The maximum Gasteiger partial charge on any atom is 0.237 e. The van der Waals surface area contributed by atoms with Crippen LogP contribution in [0.1, 0.15) is 33.6 Å². The minimum Gasteiger partial charge on any atom is -0.368 e. The molecule has 0 radical (unpaired) electrons. The number of hydrogen-bond acceptors (Lipinski definition) is 3. The van der Waals surface area contributed by atoms with Crippen LogP contribution in [-0.4, -0.2) is 27.0 Å². The van der Waals surface area contributed by atoms with Crippen molar-refractivity contribution in [1.29, 1.82) is 0 Å². The molecule has 1 heterocycles. The lowest BCUT2D eigenvalue weighted by atomic mass is 9.94. The monoisotopic (exact) mass is 288 g/mol. The van der Waals surface area contributed by atoms with E-state index >= 15 is 0 Å². The number of aromatic nitrogens is 2. The molecule has 0 aliphatic carbocycles. The Hall–Kier alpha value is -1.88. The van der Waals surface area contributed by atoms with Gasteiger partial charge in [0, 0.05) is 12.6 Å². The van der Waals surface area contributed by atoms with Crippen molar-refractivity contribution < 1.29 is 4.79 Å². The number of nitrogens with two attached hydrogens (primary N) is 1. The lowest BCUT2D eigenvalue weighted by molar-refractivity contribution is -0.124.